The Morgan fingerprint density at radius 2 is 0.722 bits per heavy atom. The van der Waals surface area contributed by atoms with E-state index in [-0.39, 0.29) is 9.79 Å². The minimum absolute atomic E-state index is 0.0666. The van der Waals surface area contributed by atoms with Gasteiger partial charge in [-0.1, -0.05) is 59.7 Å². The van der Waals surface area contributed by atoms with E-state index in [0.29, 0.717) is 0 Å². The molecule has 0 radical (unpaired) electrons. The monoisotopic (exact) mass is 524 g/mol. The fourth-order valence-electron chi connectivity index (χ4n) is 2.99. The molecule has 0 aliphatic heterocycles. The Kier molecular flexibility index (Phi) is 8.49. The van der Waals surface area contributed by atoms with Crippen LogP contribution in [0.2, 0.25) is 0 Å². The molecule has 5 aromatic rings. The lowest BCUT2D eigenvalue weighted by Crippen LogP contribution is -1.96. The zero-order valence-corrected chi connectivity index (χ0v) is 21.1. The highest BCUT2D eigenvalue weighted by Crippen LogP contribution is 2.15. The van der Waals surface area contributed by atoms with Crippen LogP contribution in [-0.4, -0.2) is 35.9 Å². The molecule has 0 saturated heterocycles. The molecule has 0 unspecified atom stereocenters. The molecular weight excluding hydrogens is 500 g/mol. The van der Waals surface area contributed by atoms with Crippen molar-refractivity contribution in [2.24, 2.45) is 0 Å². The third kappa shape index (κ3) is 7.65. The van der Waals surface area contributed by atoms with Crippen LogP contribution in [0.4, 0.5) is 0 Å². The Balaban J connectivity index is 0.000000153. The number of para-hydroxylation sites is 4. The standard InChI is InChI=1S/C12H8N2.2C7H8O3S/c1-2-6-10-9(5-1)13-11-7-3-4-8-12(11)14-10;2*1-6-2-4-7(5-3-6)11(8,9)10/h1-8H;2*2-5H,1H3,(H,8,9,10). The smallest absolute Gasteiger partial charge is 0.282 e. The molecule has 0 spiro atoms. The normalized spacial score (nSPS) is 11.2. The highest BCUT2D eigenvalue weighted by molar-refractivity contribution is 7.86. The predicted molar refractivity (Wildman–Crippen MR) is 139 cm³/mol. The number of hydrogen-bond acceptors (Lipinski definition) is 6. The highest BCUT2D eigenvalue weighted by atomic mass is 32.2. The van der Waals surface area contributed by atoms with Crippen molar-refractivity contribution in [1.82, 2.24) is 9.97 Å². The Labute approximate surface area is 209 Å². The topological polar surface area (TPSA) is 135 Å². The fourth-order valence-corrected chi connectivity index (χ4v) is 3.95. The molecule has 10 heteroatoms. The van der Waals surface area contributed by atoms with E-state index in [9.17, 15) is 16.8 Å². The fraction of sp³-hybridized carbons (Fsp3) is 0.0769. The lowest BCUT2D eigenvalue weighted by Gasteiger charge is -1.98. The molecule has 36 heavy (non-hydrogen) atoms. The molecule has 186 valence electrons. The number of fused-ring (bicyclic) bond motifs is 2. The van der Waals surface area contributed by atoms with E-state index in [0.717, 1.165) is 33.2 Å². The molecular formula is C26H24N2O6S2. The van der Waals surface area contributed by atoms with Crippen LogP contribution in [0.5, 0.6) is 0 Å². The Hall–Kier alpha value is -3.70. The van der Waals surface area contributed by atoms with Gasteiger partial charge in [-0.2, -0.15) is 16.8 Å². The van der Waals surface area contributed by atoms with Gasteiger partial charge < -0.3 is 0 Å². The van der Waals surface area contributed by atoms with E-state index in [1.165, 1.54) is 24.3 Å². The summed E-state index contributed by atoms with van der Waals surface area (Å²) in [6, 6.07) is 27.8. The maximum absolute atomic E-state index is 10.5. The van der Waals surface area contributed by atoms with Crippen LogP contribution >= 0.6 is 0 Å². The third-order valence-corrected chi connectivity index (χ3v) is 6.62. The van der Waals surface area contributed by atoms with Crippen LogP contribution in [0.3, 0.4) is 0 Å². The van der Waals surface area contributed by atoms with Crippen molar-refractivity contribution >= 4 is 42.3 Å². The first-order chi connectivity index (χ1) is 16.9. The number of benzene rings is 4. The van der Waals surface area contributed by atoms with Gasteiger partial charge in [0, 0.05) is 0 Å². The van der Waals surface area contributed by atoms with Crippen molar-refractivity contribution in [2.75, 3.05) is 0 Å². The molecule has 4 aromatic carbocycles. The van der Waals surface area contributed by atoms with Crippen LogP contribution in [0.15, 0.2) is 107 Å². The number of hydrogen-bond donors (Lipinski definition) is 2. The summed E-state index contributed by atoms with van der Waals surface area (Å²) in [6.45, 7) is 3.68. The molecule has 0 aliphatic rings. The molecule has 0 fully saturated rings. The first-order valence-corrected chi connectivity index (χ1v) is 13.5. The van der Waals surface area contributed by atoms with E-state index < -0.39 is 20.2 Å². The Morgan fingerprint density at radius 3 is 0.944 bits per heavy atom. The first-order valence-electron chi connectivity index (χ1n) is 10.6. The van der Waals surface area contributed by atoms with Gasteiger partial charge in [0.25, 0.3) is 20.2 Å². The largest absolute Gasteiger partial charge is 0.294 e. The Morgan fingerprint density at radius 1 is 0.472 bits per heavy atom. The number of aryl methyl sites for hydroxylation is 2. The van der Waals surface area contributed by atoms with Gasteiger partial charge >= 0.3 is 0 Å². The van der Waals surface area contributed by atoms with Crippen LogP contribution in [0.1, 0.15) is 11.1 Å². The molecule has 2 N–H and O–H groups in total. The molecule has 8 nitrogen and oxygen atoms in total. The first kappa shape index (κ1) is 26.9. The molecule has 1 aromatic heterocycles. The van der Waals surface area contributed by atoms with Gasteiger partial charge in [-0.15, -0.1) is 0 Å². The molecule has 0 amide bonds. The zero-order valence-electron chi connectivity index (χ0n) is 19.5. The van der Waals surface area contributed by atoms with E-state index >= 15 is 0 Å². The summed E-state index contributed by atoms with van der Waals surface area (Å²) in [5.74, 6) is 0. The van der Waals surface area contributed by atoms with Crippen LogP contribution < -0.4 is 0 Å². The average molecular weight is 525 g/mol. The molecule has 0 bridgehead atoms. The van der Waals surface area contributed by atoms with E-state index in [1.807, 2.05) is 62.4 Å². The van der Waals surface area contributed by atoms with E-state index in [2.05, 4.69) is 9.97 Å². The highest BCUT2D eigenvalue weighted by Gasteiger charge is 2.07. The van der Waals surface area contributed by atoms with Gasteiger partial charge in [0.05, 0.1) is 31.9 Å². The molecule has 0 saturated carbocycles. The number of aromatic nitrogens is 2. The van der Waals surface area contributed by atoms with Crippen molar-refractivity contribution in [3.05, 3.63) is 108 Å². The molecule has 0 aliphatic carbocycles. The number of rotatable bonds is 2. The van der Waals surface area contributed by atoms with Crippen molar-refractivity contribution in [2.45, 2.75) is 23.6 Å². The maximum atomic E-state index is 10.5. The SMILES string of the molecule is Cc1ccc(S(=O)(=O)O)cc1.Cc1ccc(S(=O)(=O)O)cc1.c1ccc2nc3ccccc3nc2c1. The van der Waals surface area contributed by atoms with Crippen LogP contribution in [0.25, 0.3) is 22.1 Å². The maximum Gasteiger partial charge on any atom is 0.294 e. The lowest BCUT2D eigenvalue weighted by atomic mass is 10.2. The summed E-state index contributed by atoms with van der Waals surface area (Å²) in [5.41, 5.74) is 5.71. The van der Waals surface area contributed by atoms with Gasteiger partial charge in [-0.3, -0.25) is 9.11 Å². The minimum Gasteiger partial charge on any atom is -0.282 e. The van der Waals surface area contributed by atoms with Crippen molar-refractivity contribution < 1.29 is 25.9 Å². The third-order valence-electron chi connectivity index (χ3n) is 4.88. The minimum atomic E-state index is -4.02. The quantitative estimate of drug-likeness (QED) is 0.236. The second kappa shape index (κ2) is 11.4. The summed E-state index contributed by atoms with van der Waals surface area (Å²) in [7, 11) is -8.04. The molecule has 1 heterocycles. The van der Waals surface area contributed by atoms with Gasteiger partial charge in [0.2, 0.25) is 0 Å². The molecule has 0 atom stereocenters. The van der Waals surface area contributed by atoms with Gasteiger partial charge in [0.1, 0.15) is 0 Å². The van der Waals surface area contributed by atoms with Gasteiger partial charge in [0.15, 0.2) is 0 Å². The summed E-state index contributed by atoms with van der Waals surface area (Å²) in [4.78, 5) is 8.90. The van der Waals surface area contributed by atoms with Crippen LogP contribution in [-0.2, 0) is 20.2 Å². The summed E-state index contributed by atoms with van der Waals surface area (Å²) in [6.07, 6.45) is 0. The lowest BCUT2D eigenvalue weighted by molar-refractivity contribution is 0.481. The summed E-state index contributed by atoms with van der Waals surface area (Å²) >= 11 is 0. The van der Waals surface area contributed by atoms with Gasteiger partial charge in [-0.25, -0.2) is 9.97 Å². The average Bonchev–Trinajstić information content (AvgIpc) is 2.83. The molecule has 5 rings (SSSR count). The predicted octanol–water partition coefficient (Wildman–Crippen LogP) is 5.27. The van der Waals surface area contributed by atoms with E-state index in [1.54, 1.807) is 24.3 Å². The second-order valence-electron chi connectivity index (χ2n) is 7.78. The van der Waals surface area contributed by atoms with Crippen molar-refractivity contribution in [1.29, 1.82) is 0 Å². The summed E-state index contributed by atoms with van der Waals surface area (Å²) < 4.78 is 59.1. The Bertz CT molecular complexity index is 1510. The summed E-state index contributed by atoms with van der Waals surface area (Å²) in [5, 5.41) is 0. The van der Waals surface area contributed by atoms with Crippen LogP contribution in [0, 0.1) is 13.8 Å². The van der Waals surface area contributed by atoms with Gasteiger partial charge in [-0.05, 0) is 62.4 Å². The van der Waals surface area contributed by atoms with E-state index in [4.69, 9.17) is 9.11 Å². The van der Waals surface area contributed by atoms with Crippen molar-refractivity contribution in [3.63, 3.8) is 0 Å². The van der Waals surface area contributed by atoms with Crippen molar-refractivity contribution in [3.8, 4) is 0 Å². The second-order valence-corrected chi connectivity index (χ2v) is 10.6. The zero-order chi connectivity index (χ0) is 26.3. The number of nitrogens with zero attached hydrogens (tertiary/aromatic N) is 2.